The number of nitrogens with zero attached hydrogens (tertiary/aromatic N) is 1. The van der Waals surface area contributed by atoms with Crippen molar-refractivity contribution in [2.75, 3.05) is 19.0 Å². The van der Waals surface area contributed by atoms with E-state index >= 15 is 0 Å². The molecule has 0 heterocycles. The summed E-state index contributed by atoms with van der Waals surface area (Å²) in [5.41, 5.74) is 3.32. The summed E-state index contributed by atoms with van der Waals surface area (Å²) < 4.78 is 16.1. The van der Waals surface area contributed by atoms with E-state index in [9.17, 15) is 14.4 Å². The summed E-state index contributed by atoms with van der Waals surface area (Å²) in [6, 6.07) is 17.7. The number of anilines is 1. The van der Waals surface area contributed by atoms with Gasteiger partial charge in [0.2, 0.25) is 0 Å². The third-order valence-corrected chi connectivity index (χ3v) is 4.83. The van der Waals surface area contributed by atoms with Crippen LogP contribution in [0.1, 0.15) is 22.8 Å². The minimum absolute atomic E-state index is 0.216. The van der Waals surface area contributed by atoms with Gasteiger partial charge in [-0.05, 0) is 67.1 Å². The lowest BCUT2D eigenvalue weighted by atomic mass is 10.2. The molecule has 2 N–H and O–H groups in total. The number of hydrogen-bond donors (Lipinski definition) is 2. The molecule has 35 heavy (non-hydrogen) atoms. The Hall–Kier alpha value is -4.37. The quantitative estimate of drug-likeness (QED) is 0.160. The Morgan fingerprint density at radius 2 is 1.71 bits per heavy atom. The summed E-state index contributed by atoms with van der Waals surface area (Å²) in [6.45, 7) is 2.11. The van der Waals surface area contributed by atoms with Crippen molar-refractivity contribution in [3.8, 4) is 17.2 Å². The predicted octanol–water partition coefficient (Wildman–Crippen LogP) is 4.06. The maximum Gasteiger partial charge on any atom is 0.343 e. The van der Waals surface area contributed by atoms with E-state index in [1.54, 1.807) is 73.7 Å². The average Bonchev–Trinajstić information content (AvgIpc) is 2.87. The fourth-order valence-electron chi connectivity index (χ4n) is 2.80. The van der Waals surface area contributed by atoms with Crippen LogP contribution >= 0.6 is 11.6 Å². The maximum atomic E-state index is 12.5. The Bertz CT molecular complexity index is 1240. The van der Waals surface area contributed by atoms with Crippen LogP contribution in [0.4, 0.5) is 5.69 Å². The van der Waals surface area contributed by atoms with Crippen LogP contribution in [0.25, 0.3) is 0 Å². The second-order valence-corrected chi connectivity index (χ2v) is 7.30. The largest absolute Gasteiger partial charge is 0.497 e. The van der Waals surface area contributed by atoms with Crippen LogP contribution in [0.3, 0.4) is 0 Å². The normalized spacial score (nSPS) is 10.5. The molecule has 0 bridgehead atoms. The lowest BCUT2D eigenvalue weighted by Crippen LogP contribution is -2.32. The van der Waals surface area contributed by atoms with Crippen LogP contribution in [-0.2, 0) is 9.59 Å². The van der Waals surface area contributed by atoms with E-state index in [0.717, 1.165) is 0 Å². The van der Waals surface area contributed by atoms with E-state index < -0.39 is 17.8 Å². The van der Waals surface area contributed by atoms with E-state index in [0.29, 0.717) is 39.9 Å². The summed E-state index contributed by atoms with van der Waals surface area (Å²) in [5.74, 6) is -1.32. The molecule has 9 nitrogen and oxygen atoms in total. The van der Waals surface area contributed by atoms with Gasteiger partial charge in [0.1, 0.15) is 5.75 Å². The first kappa shape index (κ1) is 25.3. The van der Waals surface area contributed by atoms with Gasteiger partial charge in [0.15, 0.2) is 11.5 Å². The van der Waals surface area contributed by atoms with E-state index in [-0.39, 0.29) is 5.75 Å². The number of halogens is 1. The molecule has 0 saturated carbocycles. The number of para-hydroxylation sites is 1. The first-order valence-corrected chi connectivity index (χ1v) is 10.8. The predicted molar refractivity (Wildman–Crippen MR) is 131 cm³/mol. The van der Waals surface area contributed by atoms with Gasteiger partial charge in [-0.3, -0.25) is 9.59 Å². The lowest BCUT2D eigenvalue weighted by molar-refractivity contribution is -0.136. The van der Waals surface area contributed by atoms with Gasteiger partial charge in [-0.25, -0.2) is 10.2 Å². The molecule has 0 aliphatic heterocycles. The van der Waals surface area contributed by atoms with Crippen molar-refractivity contribution >= 4 is 41.3 Å². The average molecular weight is 496 g/mol. The minimum Gasteiger partial charge on any atom is -0.497 e. The van der Waals surface area contributed by atoms with Crippen LogP contribution in [0.5, 0.6) is 17.2 Å². The van der Waals surface area contributed by atoms with Gasteiger partial charge in [0.25, 0.3) is 0 Å². The minimum atomic E-state index is -0.976. The number of hydrazone groups is 1. The highest BCUT2D eigenvalue weighted by Crippen LogP contribution is 2.29. The van der Waals surface area contributed by atoms with Crippen molar-refractivity contribution in [1.29, 1.82) is 0 Å². The Morgan fingerprint density at radius 3 is 2.40 bits per heavy atom. The number of methoxy groups -OCH3 is 1. The smallest absolute Gasteiger partial charge is 0.343 e. The topological polar surface area (TPSA) is 115 Å². The summed E-state index contributed by atoms with van der Waals surface area (Å²) >= 11 is 5.96. The molecule has 180 valence electrons. The van der Waals surface area contributed by atoms with Gasteiger partial charge in [-0.15, -0.1) is 0 Å². The third-order valence-electron chi connectivity index (χ3n) is 4.50. The number of amides is 2. The summed E-state index contributed by atoms with van der Waals surface area (Å²) in [4.78, 5) is 36.5. The monoisotopic (exact) mass is 495 g/mol. The van der Waals surface area contributed by atoms with Crippen LogP contribution in [0.2, 0.25) is 5.02 Å². The fourth-order valence-corrected chi connectivity index (χ4v) is 2.98. The molecule has 3 rings (SSSR count). The van der Waals surface area contributed by atoms with Crippen molar-refractivity contribution in [3.05, 3.63) is 82.9 Å². The first-order chi connectivity index (χ1) is 16.9. The highest BCUT2D eigenvalue weighted by Gasteiger charge is 2.15. The zero-order chi connectivity index (χ0) is 25.2. The summed E-state index contributed by atoms with van der Waals surface area (Å²) in [7, 11) is 1.54. The molecule has 0 aliphatic rings. The molecule has 0 spiro atoms. The van der Waals surface area contributed by atoms with Gasteiger partial charge in [0, 0.05) is 0 Å². The lowest BCUT2D eigenvalue weighted by Gasteiger charge is -2.11. The zero-order valence-electron chi connectivity index (χ0n) is 18.9. The highest BCUT2D eigenvalue weighted by molar-refractivity contribution is 6.41. The van der Waals surface area contributed by atoms with Crippen molar-refractivity contribution in [3.63, 3.8) is 0 Å². The highest BCUT2D eigenvalue weighted by atomic mass is 35.5. The molecule has 3 aromatic rings. The Morgan fingerprint density at radius 1 is 0.971 bits per heavy atom. The van der Waals surface area contributed by atoms with Crippen LogP contribution in [0, 0.1) is 0 Å². The Labute approximate surface area is 206 Å². The standard InChI is InChI=1S/C25H22ClN3O6/c1-3-34-22-14-16(8-13-21(22)35-25(32)17-9-11-18(33-2)12-10-17)15-27-29-24(31)23(30)28-20-7-5-4-6-19(20)26/h4-15H,3H2,1-2H3,(H,28,30)(H,29,31)/b27-15+. The molecule has 0 saturated heterocycles. The SMILES string of the molecule is CCOc1cc(/C=N/NC(=O)C(=O)Nc2ccccc2Cl)ccc1OC(=O)c1ccc(OC)cc1. The fraction of sp³-hybridized carbons (Fsp3) is 0.120. The van der Waals surface area contributed by atoms with Crippen LogP contribution in [0.15, 0.2) is 71.8 Å². The number of benzene rings is 3. The van der Waals surface area contributed by atoms with Gasteiger partial charge in [0.05, 0.1) is 36.2 Å². The number of ether oxygens (including phenoxy) is 3. The van der Waals surface area contributed by atoms with Crippen molar-refractivity contribution < 1.29 is 28.6 Å². The van der Waals surface area contributed by atoms with Crippen molar-refractivity contribution in [2.24, 2.45) is 5.10 Å². The summed E-state index contributed by atoms with van der Waals surface area (Å²) in [6.07, 6.45) is 1.32. The van der Waals surface area contributed by atoms with E-state index in [1.165, 1.54) is 13.3 Å². The first-order valence-electron chi connectivity index (χ1n) is 10.4. The Balaban J connectivity index is 1.64. The number of carbonyl (C=O) groups excluding carboxylic acids is 3. The maximum absolute atomic E-state index is 12.5. The van der Waals surface area contributed by atoms with Crippen LogP contribution < -0.4 is 25.0 Å². The number of hydrogen-bond acceptors (Lipinski definition) is 7. The van der Waals surface area contributed by atoms with E-state index in [2.05, 4.69) is 15.8 Å². The molecular weight excluding hydrogens is 474 g/mol. The molecule has 10 heteroatoms. The molecule has 0 radical (unpaired) electrons. The molecule has 0 aromatic heterocycles. The van der Waals surface area contributed by atoms with E-state index in [4.69, 9.17) is 25.8 Å². The molecule has 0 unspecified atom stereocenters. The summed E-state index contributed by atoms with van der Waals surface area (Å²) in [5, 5.41) is 6.49. The second-order valence-electron chi connectivity index (χ2n) is 6.89. The molecular formula is C25H22ClN3O6. The van der Waals surface area contributed by atoms with Crippen molar-refractivity contribution in [2.45, 2.75) is 6.92 Å². The second kappa shape index (κ2) is 12.2. The molecule has 0 aliphatic carbocycles. The van der Waals surface area contributed by atoms with Gasteiger partial charge in [-0.1, -0.05) is 23.7 Å². The number of nitrogens with one attached hydrogen (secondary N) is 2. The van der Waals surface area contributed by atoms with Gasteiger partial charge < -0.3 is 19.5 Å². The van der Waals surface area contributed by atoms with Gasteiger partial charge >= 0.3 is 17.8 Å². The zero-order valence-corrected chi connectivity index (χ0v) is 19.7. The van der Waals surface area contributed by atoms with Gasteiger partial charge in [-0.2, -0.15) is 5.10 Å². The third kappa shape index (κ3) is 7.05. The number of esters is 1. The molecule has 2 amide bonds. The van der Waals surface area contributed by atoms with Crippen molar-refractivity contribution in [1.82, 2.24) is 5.43 Å². The number of carbonyl (C=O) groups is 3. The van der Waals surface area contributed by atoms with E-state index in [1.807, 2.05) is 0 Å². The Kier molecular flexibility index (Phi) is 8.80. The van der Waals surface area contributed by atoms with Crippen LogP contribution in [-0.4, -0.2) is 37.7 Å². The molecule has 3 aromatic carbocycles. The molecule has 0 fully saturated rings. The molecule has 0 atom stereocenters. The number of rotatable bonds is 8.